The van der Waals surface area contributed by atoms with Gasteiger partial charge in [-0.3, -0.25) is 9.59 Å². The van der Waals surface area contributed by atoms with Crippen LogP contribution in [0.15, 0.2) is 0 Å². The molecule has 0 atom stereocenters. The Balaban J connectivity index is 2.59. The number of hydrogen-bond acceptors (Lipinski definition) is 2. The first-order valence-electron chi connectivity index (χ1n) is 5.79. The molecule has 18 heavy (non-hydrogen) atoms. The van der Waals surface area contributed by atoms with Crippen molar-refractivity contribution in [2.45, 2.75) is 44.8 Å². The number of alkyl halides is 3. The lowest BCUT2D eigenvalue weighted by molar-refractivity contribution is -0.142. The Kier molecular flexibility index (Phi) is 4.24. The number of carbonyl (C=O) groups is 2. The third-order valence-electron chi connectivity index (χ3n) is 2.77. The Hall–Kier alpha value is -1.27. The molecule has 1 fully saturated rings. The summed E-state index contributed by atoms with van der Waals surface area (Å²) in [7, 11) is 0. The number of hydrogen-bond donors (Lipinski definition) is 1. The van der Waals surface area contributed by atoms with Crippen LogP contribution in [0, 0.1) is 0 Å². The Morgan fingerprint density at radius 1 is 1.33 bits per heavy atom. The molecule has 104 valence electrons. The highest BCUT2D eigenvalue weighted by Gasteiger charge is 2.36. The quantitative estimate of drug-likeness (QED) is 0.840. The lowest BCUT2D eigenvalue weighted by Gasteiger charge is -2.28. The molecule has 0 spiro atoms. The van der Waals surface area contributed by atoms with Crippen molar-refractivity contribution in [2.24, 2.45) is 0 Å². The van der Waals surface area contributed by atoms with Crippen LogP contribution in [0.4, 0.5) is 13.2 Å². The van der Waals surface area contributed by atoms with Crippen LogP contribution < -0.4 is 5.32 Å². The number of rotatable bonds is 3. The van der Waals surface area contributed by atoms with Gasteiger partial charge in [0.15, 0.2) is 0 Å². The van der Waals surface area contributed by atoms with Crippen LogP contribution in [0.5, 0.6) is 0 Å². The first-order valence-corrected chi connectivity index (χ1v) is 5.79. The van der Waals surface area contributed by atoms with E-state index in [1.165, 1.54) is 4.90 Å². The van der Waals surface area contributed by atoms with Crippen molar-refractivity contribution in [1.82, 2.24) is 10.2 Å². The molecule has 0 aromatic carbocycles. The topological polar surface area (TPSA) is 49.4 Å². The van der Waals surface area contributed by atoms with E-state index in [-0.39, 0.29) is 37.7 Å². The van der Waals surface area contributed by atoms with Gasteiger partial charge in [0.1, 0.15) is 5.54 Å². The van der Waals surface area contributed by atoms with Gasteiger partial charge in [-0.15, -0.1) is 0 Å². The van der Waals surface area contributed by atoms with Gasteiger partial charge in [0.25, 0.3) is 0 Å². The summed E-state index contributed by atoms with van der Waals surface area (Å²) < 4.78 is 36.1. The van der Waals surface area contributed by atoms with Crippen molar-refractivity contribution >= 4 is 11.8 Å². The van der Waals surface area contributed by atoms with Crippen molar-refractivity contribution < 1.29 is 22.8 Å². The Morgan fingerprint density at radius 2 is 1.94 bits per heavy atom. The predicted octanol–water partition coefficient (Wildman–Crippen LogP) is 1.46. The number of nitrogens with one attached hydrogen (secondary N) is 1. The molecule has 0 aromatic rings. The first-order chi connectivity index (χ1) is 8.12. The van der Waals surface area contributed by atoms with Crippen molar-refractivity contribution in [3.8, 4) is 0 Å². The van der Waals surface area contributed by atoms with E-state index in [4.69, 9.17) is 0 Å². The van der Waals surface area contributed by atoms with Crippen LogP contribution in [0.2, 0.25) is 0 Å². The van der Waals surface area contributed by atoms with Gasteiger partial charge in [0, 0.05) is 25.9 Å². The molecule has 1 rings (SSSR count). The average Bonchev–Trinajstić information content (AvgIpc) is 2.27. The molecule has 4 nitrogen and oxygen atoms in total. The van der Waals surface area contributed by atoms with Crippen LogP contribution >= 0.6 is 0 Å². The van der Waals surface area contributed by atoms with E-state index in [1.54, 1.807) is 13.8 Å². The third-order valence-corrected chi connectivity index (χ3v) is 2.77. The fourth-order valence-electron chi connectivity index (χ4n) is 1.88. The highest BCUT2D eigenvalue weighted by Crippen LogP contribution is 2.22. The number of halogens is 3. The second-order valence-electron chi connectivity index (χ2n) is 4.93. The summed E-state index contributed by atoms with van der Waals surface area (Å²) >= 11 is 0. The molecule has 0 bridgehead atoms. The van der Waals surface area contributed by atoms with Gasteiger partial charge >= 0.3 is 6.18 Å². The molecular weight excluding hydrogens is 249 g/mol. The molecule has 7 heteroatoms. The monoisotopic (exact) mass is 266 g/mol. The van der Waals surface area contributed by atoms with Crippen LogP contribution in [-0.2, 0) is 9.59 Å². The zero-order valence-electron chi connectivity index (χ0n) is 10.4. The molecule has 1 saturated heterocycles. The smallest absolute Gasteiger partial charge is 0.342 e. The second kappa shape index (κ2) is 5.16. The van der Waals surface area contributed by atoms with E-state index < -0.39 is 18.1 Å². The van der Waals surface area contributed by atoms with Crippen LogP contribution in [0.25, 0.3) is 0 Å². The molecule has 1 heterocycles. The Labute approximate surface area is 104 Å². The largest absolute Gasteiger partial charge is 0.389 e. The van der Waals surface area contributed by atoms with E-state index >= 15 is 0 Å². The maximum absolute atomic E-state index is 12.0. The van der Waals surface area contributed by atoms with E-state index in [9.17, 15) is 22.8 Å². The maximum atomic E-state index is 12.0. The number of amides is 2. The summed E-state index contributed by atoms with van der Waals surface area (Å²) in [6, 6.07) is 0. The third kappa shape index (κ3) is 4.19. The van der Waals surface area contributed by atoms with Crippen molar-refractivity contribution in [1.29, 1.82) is 0 Å². The van der Waals surface area contributed by atoms with Crippen molar-refractivity contribution in [2.75, 3.05) is 13.1 Å². The van der Waals surface area contributed by atoms with Crippen LogP contribution in [0.3, 0.4) is 0 Å². The van der Waals surface area contributed by atoms with Crippen molar-refractivity contribution in [3.63, 3.8) is 0 Å². The highest BCUT2D eigenvalue weighted by molar-refractivity contribution is 5.92. The van der Waals surface area contributed by atoms with E-state index in [2.05, 4.69) is 5.32 Å². The number of carbonyl (C=O) groups excluding carboxylic acids is 2. The minimum Gasteiger partial charge on any atom is -0.342 e. The van der Waals surface area contributed by atoms with Gasteiger partial charge in [0.05, 0.1) is 0 Å². The van der Waals surface area contributed by atoms with Gasteiger partial charge in [-0.25, -0.2) is 0 Å². The molecule has 1 aliphatic heterocycles. The fraction of sp³-hybridized carbons (Fsp3) is 0.818. The minimum absolute atomic E-state index is 0.0245. The molecule has 0 aliphatic carbocycles. The second-order valence-corrected chi connectivity index (χ2v) is 4.93. The molecular formula is C11H17F3N2O2. The lowest BCUT2D eigenvalue weighted by Crippen LogP contribution is -2.53. The van der Waals surface area contributed by atoms with Crippen molar-refractivity contribution in [3.05, 3.63) is 0 Å². The lowest BCUT2D eigenvalue weighted by atomic mass is 10.0. The highest BCUT2D eigenvalue weighted by atomic mass is 19.4. The van der Waals surface area contributed by atoms with Gasteiger partial charge in [-0.2, -0.15) is 13.2 Å². The standard InChI is InChI=1S/C11H17F3N2O2/c1-10(2)9(18)16(7-4-8(17)15-10)6-3-5-11(12,13)14/h3-7H2,1-2H3,(H,15,17). The van der Waals surface area contributed by atoms with E-state index in [0.29, 0.717) is 0 Å². The minimum atomic E-state index is -4.21. The summed E-state index contributed by atoms with van der Waals surface area (Å²) in [6.07, 6.45) is -5.14. The Bertz CT molecular complexity index is 340. The molecule has 0 saturated carbocycles. The molecule has 1 N–H and O–H groups in total. The summed E-state index contributed by atoms with van der Waals surface area (Å²) in [5.41, 5.74) is -1.05. The molecule has 0 aromatic heterocycles. The fourth-order valence-corrected chi connectivity index (χ4v) is 1.88. The maximum Gasteiger partial charge on any atom is 0.389 e. The zero-order chi connectivity index (χ0) is 14.0. The van der Waals surface area contributed by atoms with Gasteiger partial charge in [-0.05, 0) is 20.3 Å². The summed E-state index contributed by atoms with van der Waals surface area (Å²) in [4.78, 5) is 24.7. The van der Waals surface area contributed by atoms with Crippen LogP contribution in [0.1, 0.15) is 33.1 Å². The summed E-state index contributed by atoms with van der Waals surface area (Å²) in [6.45, 7) is 3.30. The first kappa shape index (κ1) is 14.8. The zero-order valence-corrected chi connectivity index (χ0v) is 10.4. The Morgan fingerprint density at radius 3 is 2.50 bits per heavy atom. The van der Waals surface area contributed by atoms with Gasteiger partial charge in [-0.1, -0.05) is 0 Å². The summed E-state index contributed by atoms with van der Waals surface area (Å²) in [5.74, 6) is -0.595. The average molecular weight is 266 g/mol. The van der Waals surface area contributed by atoms with E-state index in [1.807, 2.05) is 0 Å². The normalized spacial score (nSPS) is 20.6. The van der Waals surface area contributed by atoms with Gasteiger partial charge < -0.3 is 10.2 Å². The predicted molar refractivity (Wildman–Crippen MR) is 58.7 cm³/mol. The number of nitrogens with zero attached hydrogens (tertiary/aromatic N) is 1. The van der Waals surface area contributed by atoms with E-state index in [0.717, 1.165) is 0 Å². The summed E-state index contributed by atoms with van der Waals surface area (Å²) in [5, 5.41) is 2.55. The van der Waals surface area contributed by atoms with Crippen LogP contribution in [-0.4, -0.2) is 41.5 Å². The molecule has 0 unspecified atom stereocenters. The molecule has 2 amide bonds. The SMILES string of the molecule is CC1(C)NC(=O)CCN(CCCC(F)(F)F)C1=O. The molecule has 0 radical (unpaired) electrons. The van der Waals surface area contributed by atoms with Gasteiger partial charge in [0.2, 0.25) is 11.8 Å². The molecule has 1 aliphatic rings.